The van der Waals surface area contributed by atoms with Gasteiger partial charge in [-0.2, -0.15) is 4.39 Å². The van der Waals surface area contributed by atoms with Crippen LogP contribution in [0.3, 0.4) is 0 Å². The van der Waals surface area contributed by atoms with Crippen LogP contribution in [0.5, 0.6) is 11.5 Å². The smallest absolute Gasteiger partial charge is 0.200 e. The molecule has 0 unspecified atom stereocenters. The molecule has 1 aromatic heterocycles. The third-order valence-corrected chi connectivity index (χ3v) is 4.11. The van der Waals surface area contributed by atoms with Crippen LogP contribution in [0.4, 0.5) is 13.2 Å². The van der Waals surface area contributed by atoms with Crippen LogP contribution in [0.15, 0.2) is 55.4 Å². The monoisotopic (exact) mass is 400 g/mol. The van der Waals surface area contributed by atoms with Gasteiger partial charge in [0.15, 0.2) is 17.4 Å². The zero-order valence-electron chi connectivity index (χ0n) is 15.8. The van der Waals surface area contributed by atoms with E-state index in [4.69, 9.17) is 9.47 Å². The quantitative estimate of drug-likeness (QED) is 0.375. The molecule has 0 N–H and O–H groups in total. The van der Waals surface area contributed by atoms with Crippen molar-refractivity contribution in [2.45, 2.75) is 20.0 Å². The van der Waals surface area contributed by atoms with E-state index in [0.717, 1.165) is 0 Å². The minimum Gasteiger partial charge on any atom is -0.493 e. The van der Waals surface area contributed by atoms with Crippen LogP contribution in [0, 0.1) is 24.4 Å². The second-order valence-corrected chi connectivity index (χ2v) is 6.28. The van der Waals surface area contributed by atoms with Gasteiger partial charge in [0.2, 0.25) is 5.82 Å². The third kappa shape index (κ3) is 4.93. The molecule has 4 nitrogen and oxygen atoms in total. The summed E-state index contributed by atoms with van der Waals surface area (Å²) < 4.78 is 52.5. The van der Waals surface area contributed by atoms with Crippen LogP contribution in [0.1, 0.15) is 17.5 Å². The normalized spacial score (nSPS) is 10.6. The van der Waals surface area contributed by atoms with Crippen molar-refractivity contribution in [3.05, 3.63) is 84.0 Å². The average molecular weight is 400 g/mol. The number of ether oxygens (including phenoxy) is 2. The number of aryl methyl sites for hydroxylation is 1. The number of aromatic nitrogens is 2. The maximum Gasteiger partial charge on any atom is 0.200 e. The van der Waals surface area contributed by atoms with Gasteiger partial charge in [-0.3, -0.25) is 0 Å². The summed E-state index contributed by atoms with van der Waals surface area (Å²) in [6.07, 6.45) is 5.26. The number of hydrogen-bond acceptors (Lipinski definition) is 4. The van der Waals surface area contributed by atoms with Crippen LogP contribution < -0.4 is 9.47 Å². The lowest BCUT2D eigenvalue weighted by atomic mass is 10.2. The van der Waals surface area contributed by atoms with Gasteiger partial charge >= 0.3 is 0 Å². The summed E-state index contributed by atoms with van der Waals surface area (Å²) in [5.74, 6) is -2.10. The van der Waals surface area contributed by atoms with E-state index in [1.165, 1.54) is 43.6 Å². The largest absolute Gasteiger partial charge is 0.493 e. The molecule has 0 aliphatic heterocycles. The molecule has 0 aliphatic carbocycles. The molecule has 3 aromatic rings. The molecule has 150 valence electrons. The second-order valence-electron chi connectivity index (χ2n) is 6.28. The standard InChI is InChI=1S/C22H19F3N2O2/c1-3-4-9-28-16-6-7-17(18(23)10-16)22-26-11-15(12-27-22)13-29-19-8-5-14(2)20(24)21(19)25/h3,5-8,10-12H,1,4,9,13H2,2H3. The predicted molar refractivity (Wildman–Crippen MR) is 103 cm³/mol. The van der Waals surface area contributed by atoms with Gasteiger partial charge in [-0.05, 0) is 37.1 Å². The molecule has 29 heavy (non-hydrogen) atoms. The summed E-state index contributed by atoms with van der Waals surface area (Å²) in [6, 6.07) is 7.23. The minimum absolute atomic E-state index is 0.0573. The van der Waals surface area contributed by atoms with Crippen molar-refractivity contribution in [1.29, 1.82) is 0 Å². The van der Waals surface area contributed by atoms with Gasteiger partial charge in [-0.25, -0.2) is 18.7 Å². The molecule has 0 aliphatic rings. The topological polar surface area (TPSA) is 44.2 Å². The number of hydrogen-bond donors (Lipinski definition) is 0. The van der Waals surface area contributed by atoms with Crippen molar-refractivity contribution in [2.24, 2.45) is 0 Å². The van der Waals surface area contributed by atoms with Crippen LogP contribution in [0.25, 0.3) is 11.4 Å². The lowest BCUT2D eigenvalue weighted by Gasteiger charge is -2.09. The first-order valence-corrected chi connectivity index (χ1v) is 8.91. The van der Waals surface area contributed by atoms with E-state index in [1.54, 1.807) is 12.1 Å². The number of benzene rings is 2. The van der Waals surface area contributed by atoms with Crippen molar-refractivity contribution in [1.82, 2.24) is 9.97 Å². The van der Waals surface area contributed by atoms with Crippen molar-refractivity contribution in [3.63, 3.8) is 0 Å². The summed E-state index contributed by atoms with van der Waals surface area (Å²) in [7, 11) is 0. The Morgan fingerprint density at radius 3 is 2.45 bits per heavy atom. The molecule has 0 saturated carbocycles. The van der Waals surface area contributed by atoms with E-state index in [1.807, 2.05) is 0 Å². The maximum atomic E-state index is 14.3. The summed E-state index contributed by atoms with van der Waals surface area (Å²) in [6.45, 7) is 5.42. The Balaban J connectivity index is 1.67. The van der Waals surface area contributed by atoms with E-state index >= 15 is 0 Å². The zero-order valence-corrected chi connectivity index (χ0v) is 15.8. The Morgan fingerprint density at radius 2 is 1.76 bits per heavy atom. The van der Waals surface area contributed by atoms with Crippen LogP contribution in [-0.4, -0.2) is 16.6 Å². The summed E-state index contributed by atoms with van der Waals surface area (Å²) >= 11 is 0. The van der Waals surface area contributed by atoms with E-state index in [-0.39, 0.29) is 29.3 Å². The summed E-state index contributed by atoms with van der Waals surface area (Å²) in [4.78, 5) is 8.26. The van der Waals surface area contributed by atoms with Crippen molar-refractivity contribution >= 4 is 0 Å². The van der Waals surface area contributed by atoms with E-state index in [9.17, 15) is 13.2 Å². The molecule has 0 radical (unpaired) electrons. The van der Waals surface area contributed by atoms with Crippen molar-refractivity contribution in [3.8, 4) is 22.9 Å². The Kier molecular flexibility index (Phi) is 6.49. The molecule has 0 atom stereocenters. The first kappa shape index (κ1) is 20.4. The molecule has 0 saturated heterocycles. The van der Waals surface area contributed by atoms with Gasteiger partial charge in [-0.15, -0.1) is 6.58 Å². The van der Waals surface area contributed by atoms with Crippen LogP contribution in [0.2, 0.25) is 0 Å². The summed E-state index contributed by atoms with van der Waals surface area (Å²) in [5.41, 5.74) is 0.945. The maximum absolute atomic E-state index is 14.3. The first-order chi connectivity index (χ1) is 14.0. The van der Waals surface area contributed by atoms with E-state index in [2.05, 4.69) is 16.5 Å². The van der Waals surface area contributed by atoms with Crippen molar-refractivity contribution in [2.75, 3.05) is 6.61 Å². The van der Waals surface area contributed by atoms with Crippen molar-refractivity contribution < 1.29 is 22.6 Å². The number of halogens is 3. The highest BCUT2D eigenvalue weighted by Gasteiger charge is 2.13. The number of nitrogens with zero attached hydrogens (tertiary/aromatic N) is 2. The number of rotatable bonds is 8. The molecule has 0 bridgehead atoms. The molecule has 0 spiro atoms. The molecule has 7 heteroatoms. The highest BCUT2D eigenvalue weighted by Crippen LogP contribution is 2.25. The molecule has 0 fully saturated rings. The molecule has 1 heterocycles. The van der Waals surface area contributed by atoms with Gasteiger partial charge in [0.25, 0.3) is 0 Å². The fraction of sp³-hybridized carbons (Fsp3) is 0.182. The molecule has 0 amide bonds. The fourth-order valence-corrected chi connectivity index (χ4v) is 2.50. The van der Waals surface area contributed by atoms with Gasteiger partial charge in [0.1, 0.15) is 18.2 Å². The first-order valence-electron chi connectivity index (χ1n) is 8.91. The van der Waals surface area contributed by atoms with E-state index in [0.29, 0.717) is 24.3 Å². The SMILES string of the molecule is C=CCCOc1ccc(-c2ncc(COc3ccc(C)c(F)c3F)cn2)c(F)c1. The average Bonchev–Trinajstić information content (AvgIpc) is 2.72. The fourth-order valence-electron chi connectivity index (χ4n) is 2.50. The Bertz CT molecular complexity index is 1010. The molecule has 3 rings (SSSR count). The second kappa shape index (κ2) is 9.23. The van der Waals surface area contributed by atoms with Gasteiger partial charge in [0.05, 0.1) is 12.2 Å². The Labute approximate surface area is 166 Å². The Morgan fingerprint density at radius 1 is 1.00 bits per heavy atom. The molecular weight excluding hydrogens is 381 g/mol. The predicted octanol–water partition coefficient (Wildman–Crippen LogP) is 5.40. The highest BCUT2D eigenvalue weighted by molar-refractivity contribution is 5.57. The molecular formula is C22H19F3N2O2. The molecule has 2 aromatic carbocycles. The van der Waals surface area contributed by atoms with Crippen LogP contribution in [-0.2, 0) is 6.61 Å². The highest BCUT2D eigenvalue weighted by atomic mass is 19.2. The zero-order chi connectivity index (χ0) is 20.8. The van der Waals surface area contributed by atoms with Gasteiger partial charge < -0.3 is 9.47 Å². The van der Waals surface area contributed by atoms with Crippen LogP contribution >= 0.6 is 0 Å². The van der Waals surface area contributed by atoms with E-state index < -0.39 is 17.5 Å². The lowest BCUT2D eigenvalue weighted by Crippen LogP contribution is -2.02. The minimum atomic E-state index is -1.04. The third-order valence-electron chi connectivity index (χ3n) is 4.11. The summed E-state index contributed by atoms with van der Waals surface area (Å²) in [5, 5.41) is 0. The Hall–Kier alpha value is -3.35. The lowest BCUT2D eigenvalue weighted by molar-refractivity contribution is 0.283. The van der Waals surface area contributed by atoms with Gasteiger partial charge in [-0.1, -0.05) is 12.1 Å². The van der Waals surface area contributed by atoms with Gasteiger partial charge in [0, 0.05) is 24.0 Å².